The van der Waals surface area contributed by atoms with E-state index >= 15 is 0 Å². The molecule has 0 rings (SSSR count). The summed E-state index contributed by atoms with van der Waals surface area (Å²) in [6.45, 7) is 11.3. The van der Waals surface area contributed by atoms with E-state index in [2.05, 4.69) is 34.6 Å². The zero-order valence-corrected chi connectivity index (χ0v) is 37.6. The molecule has 0 aliphatic carbocycles. The van der Waals surface area contributed by atoms with E-state index in [4.69, 9.17) is 14.2 Å². The van der Waals surface area contributed by atoms with Crippen molar-refractivity contribution in [3.8, 4) is 0 Å². The van der Waals surface area contributed by atoms with Crippen molar-refractivity contribution >= 4 is 17.9 Å². The number of hydrogen-bond acceptors (Lipinski definition) is 6. The first-order valence-electron chi connectivity index (χ1n) is 24.3. The lowest BCUT2D eigenvalue weighted by atomic mass is 9.99. The fourth-order valence-corrected chi connectivity index (χ4v) is 7.22. The predicted octanol–water partition coefficient (Wildman–Crippen LogP) is 15.4. The van der Waals surface area contributed by atoms with Crippen molar-refractivity contribution in [1.82, 2.24) is 0 Å². The maximum Gasteiger partial charge on any atom is 0.306 e. The zero-order chi connectivity index (χ0) is 40.5. The van der Waals surface area contributed by atoms with Crippen LogP contribution in [-0.2, 0) is 28.6 Å². The number of unbranched alkanes of at least 4 members (excludes halogenated alkanes) is 26. The minimum absolute atomic E-state index is 0.0654. The maximum absolute atomic E-state index is 12.7. The summed E-state index contributed by atoms with van der Waals surface area (Å²) >= 11 is 0. The van der Waals surface area contributed by atoms with E-state index in [-0.39, 0.29) is 31.1 Å². The van der Waals surface area contributed by atoms with Gasteiger partial charge in [-0.1, -0.05) is 227 Å². The Morgan fingerprint density at radius 1 is 0.364 bits per heavy atom. The van der Waals surface area contributed by atoms with Gasteiger partial charge in [-0.15, -0.1) is 0 Å². The van der Waals surface area contributed by atoms with Crippen molar-refractivity contribution in [3.63, 3.8) is 0 Å². The first-order valence-corrected chi connectivity index (χ1v) is 24.3. The molecule has 0 aromatic carbocycles. The van der Waals surface area contributed by atoms with Gasteiger partial charge in [0.2, 0.25) is 0 Å². The maximum atomic E-state index is 12.7. The molecule has 0 saturated heterocycles. The normalized spacial score (nSPS) is 13.0. The molecule has 6 heteroatoms. The minimum Gasteiger partial charge on any atom is -0.462 e. The molecule has 0 heterocycles. The van der Waals surface area contributed by atoms with Crippen molar-refractivity contribution in [1.29, 1.82) is 0 Å². The van der Waals surface area contributed by atoms with E-state index in [1.54, 1.807) is 0 Å². The van der Waals surface area contributed by atoms with Crippen LogP contribution in [-0.4, -0.2) is 37.2 Å². The average Bonchev–Trinajstić information content (AvgIpc) is 3.18. The molecule has 0 amide bonds. The van der Waals surface area contributed by atoms with E-state index in [1.165, 1.54) is 148 Å². The fourth-order valence-electron chi connectivity index (χ4n) is 7.22. The van der Waals surface area contributed by atoms with E-state index in [1.807, 2.05) is 0 Å². The summed E-state index contributed by atoms with van der Waals surface area (Å²) in [4.78, 5) is 37.6. The molecule has 0 radical (unpaired) electrons. The number of carbonyl (C=O) groups excluding carboxylic acids is 3. The second-order valence-corrected chi connectivity index (χ2v) is 17.2. The molecule has 2 unspecified atom stereocenters. The highest BCUT2D eigenvalue weighted by atomic mass is 16.6. The van der Waals surface area contributed by atoms with Crippen LogP contribution in [0.1, 0.15) is 266 Å². The SMILES string of the molecule is CCCCCCCC(=O)OC[C@@H](COC(=O)CCCCCCCCCCCCC(C)CC)OC(=O)CCCCCCCCCCCCCCCCC(C)CC. The third-order valence-corrected chi connectivity index (χ3v) is 11.7. The van der Waals surface area contributed by atoms with Gasteiger partial charge in [-0.3, -0.25) is 14.4 Å². The van der Waals surface area contributed by atoms with Crippen LogP contribution in [0.3, 0.4) is 0 Å². The lowest BCUT2D eigenvalue weighted by Gasteiger charge is -2.18. The molecule has 6 nitrogen and oxygen atoms in total. The highest BCUT2D eigenvalue weighted by Crippen LogP contribution is 2.18. The van der Waals surface area contributed by atoms with Crippen LogP contribution in [0.5, 0.6) is 0 Å². The summed E-state index contributed by atoms with van der Waals surface area (Å²) in [5.41, 5.74) is 0. The molecule has 0 saturated carbocycles. The van der Waals surface area contributed by atoms with E-state index in [0.717, 1.165) is 76.0 Å². The Kier molecular flexibility index (Phi) is 40.8. The van der Waals surface area contributed by atoms with Crippen LogP contribution in [0.25, 0.3) is 0 Å². The molecule has 55 heavy (non-hydrogen) atoms. The lowest BCUT2D eigenvalue weighted by molar-refractivity contribution is -0.167. The van der Waals surface area contributed by atoms with Gasteiger partial charge in [0, 0.05) is 19.3 Å². The molecular formula is C49H94O6. The minimum atomic E-state index is -0.759. The molecule has 0 aliphatic rings. The molecule has 3 atom stereocenters. The van der Waals surface area contributed by atoms with Crippen molar-refractivity contribution < 1.29 is 28.6 Å². The molecule has 0 bridgehead atoms. The fraction of sp³-hybridized carbons (Fsp3) is 0.939. The van der Waals surface area contributed by atoms with Gasteiger partial charge < -0.3 is 14.2 Å². The Bertz CT molecular complexity index is 843. The Balaban J connectivity index is 4.15. The number of esters is 3. The van der Waals surface area contributed by atoms with Gasteiger partial charge in [-0.25, -0.2) is 0 Å². The van der Waals surface area contributed by atoms with Gasteiger partial charge in [0.1, 0.15) is 13.2 Å². The Morgan fingerprint density at radius 2 is 0.636 bits per heavy atom. The van der Waals surface area contributed by atoms with Crippen LogP contribution in [0, 0.1) is 11.8 Å². The molecule has 0 aromatic heterocycles. The molecule has 0 fully saturated rings. The Morgan fingerprint density at radius 3 is 0.945 bits per heavy atom. The number of carbonyl (C=O) groups is 3. The Hall–Kier alpha value is -1.59. The van der Waals surface area contributed by atoms with Crippen LogP contribution < -0.4 is 0 Å². The summed E-state index contributed by atoms with van der Waals surface area (Å²) in [6.07, 6.45) is 41.0. The third kappa shape index (κ3) is 40.4. The number of rotatable bonds is 43. The average molecular weight is 779 g/mol. The smallest absolute Gasteiger partial charge is 0.306 e. The number of ether oxygens (including phenoxy) is 3. The zero-order valence-electron chi connectivity index (χ0n) is 37.6. The van der Waals surface area contributed by atoms with E-state index in [0.29, 0.717) is 19.3 Å². The topological polar surface area (TPSA) is 78.9 Å². The monoisotopic (exact) mass is 779 g/mol. The first-order chi connectivity index (χ1) is 26.8. The van der Waals surface area contributed by atoms with Crippen molar-refractivity contribution in [3.05, 3.63) is 0 Å². The van der Waals surface area contributed by atoms with Gasteiger partial charge >= 0.3 is 17.9 Å². The van der Waals surface area contributed by atoms with Gasteiger partial charge in [0.05, 0.1) is 0 Å². The van der Waals surface area contributed by atoms with Gasteiger partial charge in [0.15, 0.2) is 6.10 Å². The highest BCUT2D eigenvalue weighted by molar-refractivity contribution is 5.71. The van der Waals surface area contributed by atoms with Gasteiger partial charge in [0.25, 0.3) is 0 Å². The van der Waals surface area contributed by atoms with Gasteiger partial charge in [-0.05, 0) is 31.1 Å². The lowest BCUT2D eigenvalue weighted by Crippen LogP contribution is -2.30. The van der Waals surface area contributed by atoms with E-state index < -0.39 is 6.10 Å². The van der Waals surface area contributed by atoms with Crippen molar-refractivity contribution in [2.45, 2.75) is 272 Å². The highest BCUT2D eigenvalue weighted by Gasteiger charge is 2.19. The molecule has 0 spiro atoms. The standard InChI is InChI=1S/C49H94O6/c1-6-9-10-27-34-39-47(50)53-42-46(43-54-48(51)40-35-30-25-21-18-17-20-24-29-33-38-45(5)8-3)55-49(52)41-36-31-26-22-16-14-12-11-13-15-19-23-28-32-37-44(4)7-2/h44-46H,6-43H2,1-5H3/t44?,45?,46-/m0/s1. The summed E-state index contributed by atoms with van der Waals surface area (Å²) in [5.74, 6) is 0.897. The first kappa shape index (κ1) is 53.4. The second-order valence-electron chi connectivity index (χ2n) is 17.2. The summed E-state index contributed by atoms with van der Waals surface area (Å²) in [5, 5.41) is 0. The summed E-state index contributed by atoms with van der Waals surface area (Å²) in [7, 11) is 0. The van der Waals surface area contributed by atoms with E-state index in [9.17, 15) is 14.4 Å². The molecule has 0 N–H and O–H groups in total. The quantitative estimate of drug-likeness (QED) is 0.0348. The van der Waals surface area contributed by atoms with Crippen LogP contribution in [0.4, 0.5) is 0 Å². The predicted molar refractivity (Wildman–Crippen MR) is 233 cm³/mol. The molecule has 326 valence electrons. The molecular weight excluding hydrogens is 685 g/mol. The van der Waals surface area contributed by atoms with Crippen LogP contribution in [0.2, 0.25) is 0 Å². The van der Waals surface area contributed by atoms with Gasteiger partial charge in [-0.2, -0.15) is 0 Å². The summed E-state index contributed by atoms with van der Waals surface area (Å²) in [6, 6.07) is 0. The molecule has 0 aliphatic heterocycles. The largest absolute Gasteiger partial charge is 0.462 e. The van der Waals surface area contributed by atoms with Crippen LogP contribution >= 0.6 is 0 Å². The second kappa shape index (κ2) is 42.0. The van der Waals surface area contributed by atoms with Crippen molar-refractivity contribution in [2.24, 2.45) is 11.8 Å². The number of hydrogen-bond donors (Lipinski definition) is 0. The summed E-state index contributed by atoms with van der Waals surface area (Å²) < 4.78 is 16.7. The van der Waals surface area contributed by atoms with Crippen LogP contribution in [0.15, 0.2) is 0 Å². The third-order valence-electron chi connectivity index (χ3n) is 11.7. The Labute approximate surface area is 342 Å². The van der Waals surface area contributed by atoms with Crippen molar-refractivity contribution in [2.75, 3.05) is 13.2 Å². The molecule has 0 aromatic rings.